The van der Waals surface area contributed by atoms with Gasteiger partial charge >= 0.3 is 6.03 Å². The number of nitrogens with zero attached hydrogens (tertiary/aromatic N) is 4. The highest BCUT2D eigenvalue weighted by Crippen LogP contribution is 2.24. The van der Waals surface area contributed by atoms with Crippen molar-refractivity contribution in [3.8, 4) is 11.5 Å². The molecule has 0 radical (unpaired) electrons. The van der Waals surface area contributed by atoms with E-state index in [2.05, 4.69) is 20.4 Å². The van der Waals surface area contributed by atoms with E-state index in [0.717, 1.165) is 5.56 Å². The maximum Gasteiger partial charge on any atom is 0.322 e. The number of anilines is 1. The lowest BCUT2D eigenvalue weighted by molar-refractivity contribution is -0.0190. The molecule has 8 nitrogen and oxygen atoms in total. The molecule has 8 heteroatoms. The lowest BCUT2D eigenvalue weighted by Gasteiger charge is -2.31. The van der Waals surface area contributed by atoms with Crippen molar-refractivity contribution in [2.45, 2.75) is 6.10 Å². The van der Waals surface area contributed by atoms with E-state index in [1.54, 1.807) is 29.4 Å². The van der Waals surface area contributed by atoms with E-state index in [1.807, 2.05) is 30.3 Å². The first-order valence-electron chi connectivity index (χ1n) is 8.26. The van der Waals surface area contributed by atoms with Gasteiger partial charge in [0, 0.05) is 18.3 Å². The van der Waals surface area contributed by atoms with E-state index >= 15 is 0 Å². The maximum atomic E-state index is 12.4. The van der Waals surface area contributed by atoms with Gasteiger partial charge in [0.25, 0.3) is 5.89 Å². The molecule has 0 spiro atoms. The third-order valence-electron chi connectivity index (χ3n) is 4.02. The average Bonchev–Trinajstić information content (AvgIpc) is 3.20. The van der Waals surface area contributed by atoms with Gasteiger partial charge < -0.3 is 19.5 Å². The first-order valence-corrected chi connectivity index (χ1v) is 8.26. The number of aromatic nitrogens is 3. The highest BCUT2D eigenvalue weighted by molar-refractivity contribution is 5.89. The van der Waals surface area contributed by atoms with Gasteiger partial charge in [-0.1, -0.05) is 23.4 Å². The second kappa shape index (κ2) is 7.32. The summed E-state index contributed by atoms with van der Waals surface area (Å²) in [6.45, 7) is 1.24. The summed E-state index contributed by atoms with van der Waals surface area (Å²) < 4.78 is 11.1. The Morgan fingerprint density at radius 3 is 2.88 bits per heavy atom. The zero-order chi connectivity index (χ0) is 17.8. The SMILES string of the molecule is O=C(Nc1cccnc1)N1CCOC(c2noc(-c3ccccc3)n2)C1. The third kappa shape index (κ3) is 3.55. The minimum absolute atomic E-state index is 0.210. The normalized spacial score (nSPS) is 17.1. The quantitative estimate of drug-likeness (QED) is 0.780. The fraction of sp³-hybridized carbons (Fsp3) is 0.222. The lowest BCUT2D eigenvalue weighted by Crippen LogP contribution is -2.44. The fourth-order valence-corrected chi connectivity index (χ4v) is 2.69. The molecule has 1 aromatic carbocycles. The van der Waals surface area contributed by atoms with E-state index in [1.165, 1.54) is 0 Å². The van der Waals surface area contributed by atoms with E-state index in [4.69, 9.17) is 9.26 Å². The van der Waals surface area contributed by atoms with Gasteiger partial charge in [-0.3, -0.25) is 4.98 Å². The summed E-state index contributed by atoms with van der Waals surface area (Å²) in [5.74, 6) is 0.865. The standard InChI is InChI=1S/C18H17N5O3/c24-18(20-14-7-4-8-19-11-14)23-9-10-25-15(12-23)16-21-17(26-22-16)13-5-2-1-3-6-13/h1-8,11,15H,9-10,12H2,(H,20,24). The minimum Gasteiger partial charge on any atom is -0.366 e. The predicted molar refractivity (Wildman–Crippen MR) is 93.3 cm³/mol. The van der Waals surface area contributed by atoms with Gasteiger partial charge in [-0.05, 0) is 24.3 Å². The van der Waals surface area contributed by atoms with Crippen molar-refractivity contribution < 1.29 is 14.1 Å². The van der Waals surface area contributed by atoms with Crippen LogP contribution in [0, 0.1) is 0 Å². The first-order chi connectivity index (χ1) is 12.8. The van der Waals surface area contributed by atoms with Crippen LogP contribution < -0.4 is 5.32 Å². The lowest BCUT2D eigenvalue weighted by atomic mass is 10.2. The van der Waals surface area contributed by atoms with Crippen molar-refractivity contribution >= 4 is 11.7 Å². The fourth-order valence-electron chi connectivity index (χ4n) is 2.69. The summed E-state index contributed by atoms with van der Waals surface area (Å²) in [5.41, 5.74) is 1.49. The van der Waals surface area contributed by atoms with Crippen molar-refractivity contribution in [1.82, 2.24) is 20.0 Å². The van der Waals surface area contributed by atoms with E-state index < -0.39 is 6.10 Å². The molecular formula is C18H17N5O3. The first kappa shape index (κ1) is 16.2. The Labute approximate surface area is 149 Å². The maximum absolute atomic E-state index is 12.4. The third-order valence-corrected chi connectivity index (χ3v) is 4.02. The number of benzene rings is 1. The highest BCUT2D eigenvalue weighted by atomic mass is 16.5. The van der Waals surface area contributed by atoms with E-state index in [-0.39, 0.29) is 6.03 Å². The van der Waals surface area contributed by atoms with Gasteiger partial charge in [0.2, 0.25) is 5.82 Å². The van der Waals surface area contributed by atoms with Crippen LogP contribution in [0.1, 0.15) is 11.9 Å². The molecule has 1 atom stereocenters. The molecule has 4 rings (SSSR count). The number of nitrogens with one attached hydrogen (secondary N) is 1. The van der Waals surface area contributed by atoms with Gasteiger partial charge in [-0.15, -0.1) is 0 Å². The number of hydrogen-bond acceptors (Lipinski definition) is 6. The summed E-state index contributed by atoms with van der Waals surface area (Å²) >= 11 is 0. The molecule has 0 saturated carbocycles. The molecule has 0 bridgehead atoms. The Bertz CT molecular complexity index is 869. The van der Waals surface area contributed by atoms with Crippen molar-refractivity contribution in [2.75, 3.05) is 25.0 Å². The number of rotatable bonds is 3. The molecule has 1 aliphatic rings. The monoisotopic (exact) mass is 351 g/mol. The Balaban J connectivity index is 1.44. The highest BCUT2D eigenvalue weighted by Gasteiger charge is 2.29. The zero-order valence-electron chi connectivity index (χ0n) is 13.9. The van der Waals surface area contributed by atoms with Crippen molar-refractivity contribution in [3.63, 3.8) is 0 Å². The summed E-state index contributed by atoms with van der Waals surface area (Å²) in [7, 11) is 0. The number of pyridine rings is 1. The van der Waals surface area contributed by atoms with Crippen LogP contribution in [0.3, 0.4) is 0 Å². The van der Waals surface area contributed by atoms with Crippen LogP contribution in [0.25, 0.3) is 11.5 Å². The number of carbonyl (C=O) groups excluding carboxylic acids is 1. The Hall–Kier alpha value is -3.26. The van der Waals surface area contributed by atoms with Crippen LogP contribution in [0.5, 0.6) is 0 Å². The van der Waals surface area contributed by atoms with Crippen molar-refractivity contribution in [3.05, 3.63) is 60.7 Å². The Morgan fingerprint density at radius 2 is 2.08 bits per heavy atom. The minimum atomic E-state index is -0.426. The molecule has 1 N–H and O–H groups in total. The zero-order valence-corrected chi connectivity index (χ0v) is 13.9. The second-order valence-electron chi connectivity index (χ2n) is 5.80. The summed E-state index contributed by atoms with van der Waals surface area (Å²) in [6.07, 6.45) is 2.83. The van der Waals surface area contributed by atoms with E-state index in [0.29, 0.717) is 37.1 Å². The van der Waals surface area contributed by atoms with Crippen LogP contribution >= 0.6 is 0 Å². The molecule has 132 valence electrons. The molecule has 3 aromatic rings. The van der Waals surface area contributed by atoms with Crippen LogP contribution in [0.2, 0.25) is 0 Å². The molecule has 0 aliphatic carbocycles. The number of urea groups is 1. The molecule has 2 aromatic heterocycles. The van der Waals surface area contributed by atoms with Crippen LogP contribution in [-0.4, -0.2) is 45.8 Å². The summed E-state index contributed by atoms with van der Waals surface area (Å²) in [6, 6.07) is 12.9. The van der Waals surface area contributed by atoms with Gasteiger partial charge in [0.1, 0.15) is 6.10 Å². The van der Waals surface area contributed by atoms with Gasteiger partial charge in [0.05, 0.1) is 25.0 Å². The summed E-state index contributed by atoms with van der Waals surface area (Å²) in [4.78, 5) is 22.5. The molecule has 1 aliphatic heterocycles. The smallest absolute Gasteiger partial charge is 0.322 e. The Kier molecular flexibility index (Phi) is 4.57. The van der Waals surface area contributed by atoms with Crippen molar-refractivity contribution in [1.29, 1.82) is 0 Å². The van der Waals surface area contributed by atoms with Gasteiger partial charge in [-0.25, -0.2) is 4.79 Å². The largest absolute Gasteiger partial charge is 0.366 e. The summed E-state index contributed by atoms with van der Waals surface area (Å²) in [5, 5.41) is 6.83. The van der Waals surface area contributed by atoms with Gasteiger partial charge in [-0.2, -0.15) is 4.98 Å². The number of ether oxygens (including phenoxy) is 1. The molecule has 3 heterocycles. The topological polar surface area (TPSA) is 93.4 Å². The van der Waals surface area contributed by atoms with Crippen LogP contribution in [-0.2, 0) is 4.74 Å². The Morgan fingerprint density at radius 1 is 1.19 bits per heavy atom. The van der Waals surface area contributed by atoms with E-state index in [9.17, 15) is 4.79 Å². The number of carbonyl (C=O) groups is 1. The predicted octanol–water partition coefficient (Wildman–Crippen LogP) is 2.74. The van der Waals surface area contributed by atoms with Crippen molar-refractivity contribution in [2.24, 2.45) is 0 Å². The number of morpholine rings is 1. The average molecular weight is 351 g/mol. The van der Waals surface area contributed by atoms with Crippen LogP contribution in [0.15, 0.2) is 59.4 Å². The number of hydrogen-bond donors (Lipinski definition) is 1. The molecular weight excluding hydrogens is 334 g/mol. The molecule has 1 fully saturated rings. The number of amides is 2. The van der Waals surface area contributed by atoms with Gasteiger partial charge in [0.15, 0.2) is 0 Å². The molecule has 1 saturated heterocycles. The molecule has 2 amide bonds. The molecule has 1 unspecified atom stereocenters. The second-order valence-corrected chi connectivity index (χ2v) is 5.80. The van der Waals surface area contributed by atoms with Crippen LogP contribution in [0.4, 0.5) is 10.5 Å². The molecule has 26 heavy (non-hydrogen) atoms.